The number of nitrogens with one attached hydrogen (secondary N) is 1. The summed E-state index contributed by atoms with van der Waals surface area (Å²) in [5, 5.41) is -0.782. The first-order valence-corrected chi connectivity index (χ1v) is 6.06. The molecule has 3 N–H and O–H groups in total. The third-order valence-electron chi connectivity index (χ3n) is 1.68. The van der Waals surface area contributed by atoms with Crippen LogP contribution in [0.4, 0.5) is 13.2 Å². The molecule has 0 bridgehead atoms. The van der Waals surface area contributed by atoms with Gasteiger partial charge in [0, 0.05) is 13.1 Å². The molecule has 0 aliphatic carbocycles. The lowest BCUT2D eigenvalue weighted by atomic mass is 10.5. The van der Waals surface area contributed by atoms with E-state index in [9.17, 15) is 21.6 Å². The van der Waals surface area contributed by atoms with Gasteiger partial charge >= 0.3 is 6.18 Å². The minimum Gasteiger partial charge on any atom is -0.371 e. The number of alkyl halides is 3. The van der Waals surface area contributed by atoms with Crippen LogP contribution in [0.25, 0.3) is 0 Å². The molecule has 0 heterocycles. The molecule has 0 radical (unpaired) electrons. The largest absolute Gasteiger partial charge is 0.411 e. The Balaban J connectivity index is 3.75. The Kier molecular flexibility index (Phi) is 6.23. The van der Waals surface area contributed by atoms with Gasteiger partial charge in [-0.2, -0.15) is 13.2 Å². The van der Waals surface area contributed by atoms with Gasteiger partial charge in [0.1, 0.15) is 6.61 Å². The first-order valence-electron chi connectivity index (χ1n) is 4.52. The summed E-state index contributed by atoms with van der Waals surface area (Å²) in [7, 11) is -3.56. The summed E-state index contributed by atoms with van der Waals surface area (Å²) in [6.45, 7) is -0.586. The van der Waals surface area contributed by atoms with Crippen LogP contribution in [0.5, 0.6) is 0 Å². The molecule has 0 aromatic heterocycles. The van der Waals surface area contributed by atoms with Crippen molar-refractivity contribution in [3.05, 3.63) is 0 Å². The molecule has 0 saturated heterocycles. The van der Waals surface area contributed by atoms with E-state index >= 15 is 0 Å². The summed E-state index contributed by atoms with van der Waals surface area (Å²) in [4.78, 5) is 0. The predicted octanol–water partition coefficient (Wildman–Crippen LogP) is -0.168. The monoisotopic (exact) mass is 264 g/mol. The number of rotatable bonds is 7. The molecule has 0 amide bonds. The fourth-order valence-corrected chi connectivity index (χ4v) is 1.62. The van der Waals surface area contributed by atoms with E-state index in [2.05, 4.69) is 9.46 Å². The van der Waals surface area contributed by atoms with Crippen LogP contribution in [-0.2, 0) is 14.8 Å². The Morgan fingerprint density at radius 2 is 2.00 bits per heavy atom. The lowest BCUT2D eigenvalue weighted by molar-refractivity contribution is -0.173. The highest BCUT2D eigenvalue weighted by molar-refractivity contribution is 7.90. The Labute approximate surface area is 92.2 Å². The first kappa shape index (κ1) is 15.6. The second-order valence-electron chi connectivity index (χ2n) is 3.15. The highest BCUT2D eigenvalue weighted by Crippen LogP contribution is 2.13. The zero-order valence-corrected chi connectivity index (χ0v) is 9.57. The lowest BCUT2D eigenvalue weighted by Gasteiger charge is -2.12. The Morgan fingerprint density at radius 3 is 2.44 bits per heavy atom. The average Bonchev–Trinajstić information content (AvgIpc) is 2.14. The Bertz CT molecular complexity index is 292. The zero-order valence-electron chi connectivity index (χ0n) is 8.75. The molecule has 98 valence electrons. The van der Waals surface area contributed by atoms with E-state index < -0.39 is 28.1 Å². The van der Waals surface area contributed by atoms with Gasteiger partial charge in [0.15, 0.2) is 0 Å². The summed E-state index contributed by atoms with van der Waals surface area (Å²) in [6.07, 6.45) is -4.40. The van der Waals surface area contributed by atoms with Crippen molar-refractivity contribution in [1.82, 2.24) is 4.72 Å². The maximum absolute atomic E-state index is 11.6. The molecule has 0 aromatic carbocycles. The molecule has 0 aliphatic rings. The van der Waals surface area contributed by atoms with E-state index in [-0.39, 0.29) is 19.7 Å². The summed E-state index contributed by atoms with van der Waals surface area (Å²) < 4.78 is 63.7. The van der Waals surface area contributed by atoms with E-state index in [1.165, 1.54) is 6.92 Å². The molecule has 0 fully saturated rings. The van der Waals surface area contributed by atoms with Gasteiger partial charge in [-0.15, -0.1) is 0 Å². The molecule has 0 saturated carbocycles. The van der Waals surface area contributed by atoms with Gasteiger partial charge in [-0.05, 0) is 6.92 Å². The van der Waals surface area contributed by atoms with Crippen molar-refractivity contribution in [3.63, 3.8) is 0 Å². The summed E-state index contributed by atoms with van der Waals surface area (Å²) >= 11 is 0. The summed E-state index contributed by atoms with van der Waals surface area (Å²) in [5.41, 5.74) is 5.15. The van der Waals surface area contributed by atoms with E-state index in [4.69, 9.17) is 5.73 Å². The smallest absolute Gasteiger partial charge is 0.371 e. The molecule has 0 spiro atoms. The molecule has 16 heavy (non-hydrogen) atoms. The van der Waals surface area contributed by atoms with Crippen LogP contribution in [0.1, 0.15) is 6.92 Å². The molecule has 0 aromatic rings. The van der Waals surface area contributed by atoms with Gasteiger partial charge < -0.3 is 10.5 Å². The third kappa shape index (κ3) is 6.99. The second-order valence-corrected chi connectivity index (χ2v) is 5.34. The zero-order chi connectivity index (χ0) is 12.8. The van der Waals surface area contributed by atoms with Crippen LogP contribution in [0, 0.1) is 0 Å². The number of sulfonamides is 1. The third-order valence-corrected chi connectivity index (χ3v) is 3.54. The highest BCUT2D eigenvalue weighted by atomic mass is 32.2. The van der Waals surface area contributed by atoms with Crippen molar-refractivity contribution >= 4 is 10.0 Å². The molecule has 9 heteroatoms. The topological polar surface area (TPSA) is 81.4 Å². The normalized spacial score (nSPS) is 15.1. The minimum absolute atomic E-state index is 0.0568. The van der Waals surface area contributed by atoms with Crippen LogP contribution in [0.15, 0.2) is 0 Å². The number of halogens is 3. The van der Waals surface area contributed by atoms with Crippen LogP contribution in [-0.4, -0.2) is 46.1 Å². The van der Waals surface area contributed by atoms with Crippen molar-refractivity contribution in [2.75, 3.05) is 26.3 Å². The van der Waals surface area contributed by atoms with E-state index in [0.717, 1.165) is 0 Å². The van der Waals surface area contributed by atoms with Crippen molar-refractivity contribution in [2.24, 2.45) is 5.73 Å². The molecule has 1 atom stereocenters. The van der Waals surface area contributed by atoms with Gasteiger partial charge in [-0.1, -0.05) is 0 Å². The van der Waals surface area contributed by atoms with Gasteiger partial charge in [0.25, 0.3) is 0 Å². The average molecular weight is 264 g/mol. The predicted molar refractivity (Wildman–Crippen MR) is 52.3 cm³/mol. The summed E-state index contributed by atoms with van der Waals surface area (Å²) in [6, 6.07) is 0. The molecular weight excluding hydrogens is 249 g/mol. The van der Waals surface area contributed by atoms with Crippen LogP contribution in [0.2, 0.25) is 0 Å². The molecule has 5 nitrogen and oxygen atoms in total. The molecule has 0 rings (SSSR count). The maximum Gasteiger partial charge on any atom is 0.411 e. The first-order chi connectivity index (χ1) is 7.19. The van der Waals surface area contributed by atoms with Crippen molar-refractivity contribution in [1.29, 1.82) is 0 Å². The standard InChI is InChI=1S/C7H15F3N2O3S/c1-6(4-11)16(13,14)12-2-3-15-5-7(8,9)10/h6,12H,2-5,11H2,1H3. The maximum atomic E-state index is 11.6. The molecule has 0 aliphatic heterocycles. The number of hydrogen-bond donors (Lipinski definition) is 2. The van der Waals surface area contributed by atoms with E-state index in [1.807, 2.05) is 0 Å². The number of hydrogen-bond acceptors (Lipinski definition) is 4. The Hall–Kier alpha value is -0.380. The van der Waals surface area contributed by atoms with E-state index in [0.29, 0.717) is 0 Å². The van der Waals surface area contributed by atoms with Gasteiger partial charge in [-0.3, -0.25) is 0 Å². The second kappa shape index (κ2) is 6.38. The van der Waals surface area contributed by atoms with Gasteiger partial charge in [-0.25, -0.2) is 13.1 Å². The van der Waals surface area contributed by atoms with Crippen molar-refractivity contribution in [3.8, 4) is 0 Å². The van der Waals surface area contributed by atoms with Gasteiger partial charge in [0.05, 0.1) is 11.9 Å². The van der Waals surface area contributed by atoms with Crippen molar-refractivity contribution < 1.29 is 26.3 Å². The highest BCUT2D eigenvalue weighted by Gasteiger charge is 2.27. The SMILES string of the molecule is CC(CN)S(=O)(=O)NCCOCC(F)(F)F. The van der Waals surface area contributed by atoms with Crippen LogP contribution >= 0.6 is 0 Å². The molecule has 1 unspecified atom stereocenters. The van der Waals surface area contributed by atoms with Gasteiger partial charge in [0.2, 0.25) is 10.0 Å². The number of nitrogens with two attached hydrogens (primary N) is 1. The summed E-state index contributed by atoms with van der Waals surface area (Å²) in [5.74, 6) is 0. The minimum atomic E-state index is -4.40. The van der Waals surface area contributed by atoms with Crippen LogP contribution in [0.3, 0.4) is 0 Å². The van der Waals surface area contributed by atoms with E-state index in [1.54, 1.807) is 0 Å². The fraction of sp³-hybridized carbons (Fsp3) is 1.00. The fourth-order valence-electron chi connectivity index (χ4n) is 0.713. The quantitative estimate of drug-likeness (QED) is 0.626. The Morgan fingerprint density at radius 1 is 1.44 bits per heavy atom. The van der Waals surface area contributed by atoms with Crippen LogP contribution < -0.4 is 10.5 Å². The van der Waals surface area contributed by atoms with Crippen molar-refractivity contribution in [2.45, 2.75) is 18.3 Å². The lowest BCUT2D eigenvalue weighted by Crippen LogP contribution is -2.38. The number of ether oxygens (including phenoxy) is 1. The molecular formula is C7H15F3N2O3S.